The van der Waals surface area contributed by atoms with E-state index in [1.54, 1.807) is 0 Å². The molecule has 1 saturated heterocycles. The number of ether oxygens (including phenoxy) is 1. The number of pyridine rings is 1. The Morgan fingerprint density at radius 1 is 1.72 bits per heavy atom. The Hall–Kier alpha value is -2.20. The first-order chi connectivity index (χ1) is 8.70. The highest BCUT2D eigenvalue weighted by Gasteiger charge is 2.21. The van der Waals surface area contributed by atoms with Gasteiger partial charge in [0.05, 0.1) is 17.1 Å². The highest BCUT2D eigenvalue weighted by atomic mass is 16.6. The second-order valence-corrected chi connectivity index (χ2v) is 4.09. The van der Waals surface area contributed by atoms with Crippen molar-refractivity contribution in [1.29, 1.82) is 5.26 Å². The van der Waals surface area contributed by atoms with Crippen molar-refractivity contribution < 1.29 is 9.66 Å². The Kier molecular flexibility index (Phi) is 3.69. The Morgan fingerprint density at radius 2 is 2.56 bits per heavy atom. The van der Waals surface area contributed by atoms with Crippen LogP contribution in [0.25, 0.3) is 0 Å². The number of aromatic nitrogens is 1. The molecule has 1 unspecified atom stereocenters. The van der Waals surface area contributed by atoms with Crippen molar-refractivity contribution in [3.05, 3.63) is 27.9 Å². The molecule has 2 heterocycles. The first-order valence-corrected chi connectivity index (χ1v) is 5.58. The Bertz CT molecular complexity index is 492. The third kappa shape index (κ3) is 2.73. The average molecular weight is 248 g/mol. The van der Waals surface area contributed by atoms with Crippen molar-refractivity contribution in [1.82, 2.24) is 10.3 Å². The number of rotatable bonds is 4. The van der Waals surface area contributed by atoms with Gasteiger partial charge in [-0.25, -0.2) is 4.98 Å². The van der Waals surface area contributed by atoms with Crippen LogP contribution in [-0.4, -0.2) is 29.6 Å². The highest BCUT2D eigenvalue weighted by molar-refractivity contribution is 5.46. The Balaban J connectivity index is 2.11. The smallest absolute Gasteiger partial charge is 0.332 e. The van der Waals surface area contributed by atoms with Crippen LogP contribution in [0, 0.1) is 27.4 Å². The third-order valence-corrected chi connectivity index (χ3v) is 2.78. The molecule has 0 bridgehead atoms. The molecule has 1 N–H and O–H groups in total. The number of nitriles is 1. The van der Waals surface area contributed by atoms with Gasteiger partial charge in [-0.1, -0.05) is 0 Å². The summed E-state index contributed by atoms with van der Waals surface area (Å²) >= 11 is 0. The number of nitrogens with zero attached hydrogens (tertiary/aromatic N) is 3. The Morgan fingerprint density at radius 3 is 3.17 bits per heavy atom. The number of nitrogens with one attached hydrogen (secondary N) is 1. The number of hydrogen-bond acceptors (Lipinski definition) is 6. The van der Waals surface area contributed by atoms with Crippen LogP contribution in [0.15, 0.2) is 12.3 Å². The minimum absolute atomic E-state index is 0.0223. The van der Waals surface area contributed by atoms with Gasteiger partial charge < -0.3 is 10.1 Å². The fourth-order valence-electron chi connectivity index (χ4n) is 1.80. The predicted molar refractivity (Wildman–Crippen MR) is 62.1 cm³/mol. The van der Waals surface area contributed by atoms with Crippen LogP contribution >= 0.6 is 0 Å². The first-order valence-electron chi connectivity index (χ1n) is 5.58. The minimum Gasteiger partial charge on any atom is -0.472 e. The highest BCUT2D eigenvalue weighted by Crippen LogP contribution is 2.25. The molecular weight excluding hydrogens is 236 g/mol. The molecule has 1 fully saturated rings. The van der Waals surface area contributed by atoms with E-state index < -0.39 is 4.92 Å². The van der Waals surface area contributed by atoms with Crippen molar-refractivity contribution >= 4 is 5.69 Å². The van der Waals surface area contributed by atoms with E-state index in [-0.39, 0.29) is 17.1 Å². The second-order valence-electron chi connectivity index (χ2n) is 4.09. The lowest BCUT2D eigenvalue weighted by atomic mass is 10.1. The van der Waals surface area contributed by atoms with Crippen molar-refractivity contribution in [3.63, 3.8) is 0 Å². The van der Waals surface area contributed by atoms with Crippen LogP contribution in [-0.2, 0) is 0 Å². The summed E-state index contributed by atoms with van der Waals surface area (Å²) in [6, 6.07) is 2.99. The molecule has 0 amide bonds. The van der Waals surface area contributed by atoms with Crippen LogP contribution in [0.1, 0.15) is 12.0 Å². The molecule has 1 atom stereocenters. The van der Waals surface area contributed by atoms with Crippen LogP contribution < -0.4 is 10.1 Å². The SMILES string of the molecule is N#Cc1cnc(OCC2CCNC2)c([N+](=O)[O-])c1. The summed E-state index contributed by atoms with van der Waals surface area (Å²) in [4.78, 5) is 14.1. The van der Waals surface area contributed by atoms with E-state index >= 15 is 0 Å². The van der Waals surface area contributed by atoms with E-state index in [1.807, 2.05) is 6.07 Å². The quantitative estimate of drug-likeness (QED) is 0.626. The molecule has 7 nitrogen and oxygen atoms in total. The molecule has 2 rings (SSSR count). The van der Waals surface area contributed by atoms with Crippen molar-refractivity contribution in [2.24, 2.45) is 5.92 Å². The van der Waals surface area contributed by atoms with Crippen LogP contribution in [0.2, 0.25) is 0 Å². The molecule has 18 heavy (non-hydrogen) atoms. The molecule has 0 saturated carbocycles. The molecule has 1 aliphatic rings. The van der Waals surface area contributed by atoms with Gasteiger partial charge in [0.25, 0.3) is 5.88 Å². The van der Waals surface area contributed by atoms with Gasteiger partial charge in [0, 0.05) is 24.7 Å². The first kappa shape index (κ1) is 12.3. The van der Waals surface area contributed by atoms with Crippen molar-refractivity contribution in [2.75, 3.05) is 19.7 Å². The summed E-state index contributed by atoms with van der Waals surface area (Å²) in [6.07, 6.45) is 2.26. The second kappa shape index (κ2) is 5.42. The maximum Gasteiger partial charge on any atom is 0.332 e. The monoisotopic (exact) mass is 248 g/mol. The maximum absolute atomic E-state index is 10.8. The number of hydrogen-bond donors (Lipinski definition) is 1. The van der Waals surface area contributed by atoms with E-state index in [0.29, 0.717) is 12.5 Å². The largest absolute Gasteiger partial charge is 0.472 e. The third-order valence-electron chi connectivity index (χ3n) is 2.78. The van der Waals surface area contributed by atoms with Gasteiger partial charge in [-0.2, -0.15) is 5.26 Å². The zero-order valence-electron chi connectivity index (χ0n) is 9.63. The lowest BCUT2D eigenvalue weighted by Crippen LogP contribution is -2.16. The van der Waals surface area contributed by atoms with Crippen molar-refractivity contribution in [3.8, 4) is 11.9 Å². The molecule has 0 spiro atoms. The zero-order valence-corrected chi connectivity index (χ0v) is 9.63. The zero-order chi connectivity index (χ0) is 13.0. The lowest BCUT2D eigenvalue weighted by Gasteiger charge is -2.09. The topological polar surface area (TPSA) is 101 Å². The molecule has 1 aliphatic heterocycles. The van der Waals surface area contributed by atoms with Crippen molar-refractivity contribution in [2.45, 2.75) is 6.42 Å². The van der Waals surface area contributed by atoms with E-state index in [0.717, 1.165) is 19.5 Å². The van der Waals surface area contributed by atoms with Gasteiger partial charge >= 0.3 is 5.69 Å². The summed E-state index contributed by atoms with van der Waals surface area (Å²) < 4.78 is 5.38. The van der Waals surface area contributed by atoms with Gasteiger partial charge in [0.15, 0.2) is 0 Å². The van der Waals surface area contributed by atoms with E-state index in [1.165, 1.54) is 12.3 Å². The molecule has 0 aliphatic carbocycles. The molecule has 0 radical (unpaired) electrons. The summed E-state index contributed by atoms with van der Waals surface area (Å²) in [6.45, 7) is 2.19. The predicted octanol–water partition coefficient (Wildman–Crippen LogP) is 0.850. The molecule has 1 aromatic heterocycles. The molecule has 1 aromatic rings. The van der Waals surface area contributed by atoms with Gasteiger partial charge in [-0.05, 0) is 13.0 Å². The van der Waals surface area contributed by atoms with Gasteiger partial charge in [-0.3, -0.25) is 10.1 Å². The van der Waals surface area contributed by atoms with Gasteiger partial charge in [-0.15, -0.1) is 0 Å². The minimum atomic E-state index is -0.587. The average Bonchev–Trinajstić information content (AvgIpc) is 2.89. The van der Waals surface area contributed by atoms with E-state index in [4.69, 9.17) is 10.00 Å². The van der Waals surface area contributed by atoms with Gasteiger partial charge in [0.1, 0.15) is 6.07 Å². The summed E-state index contributed by atoms with van der Waals surface area (Å²) in [5.74, 6) is 0.327. The summed E-state index contributed by atoms with van der Waals surface area (Å²) in [7, 11) is 0. The Labute approximate surface area is 104 Å². The molecule has 94 valence electrons. The summed E-state index contributed by atoms with van der Waals surface area (Å²) in [5, 5.41) is 22.7. The molecule has 0 aromatic carbocycles. The fourth-order valence-corrected chi connectivity index (χ4v) is 1.80. The van der Waals surface area contributed by atoms with E-state index in [9.17, 15) is 10.1 Å². The normalized spacial score (nSPS) is 18.3. The fraction of sp³-hybridized carbons (Fsp3) is 0.455. The van der Waals surface area contributed by atoms with Gasteiger partial charge in [0.2, 0.25) is 0 Å². The van der Waals surface area contributed by atoms with Crippen LogP contribution in [0.4, 0.5) is 5.69 Å². The maximum atomic E-state index is 10.8. The summed E-state index contributed by atoms with van der Waals surface area (Å²) in [5.41, 5.74) is -0.114. The van der Waals surface area contributed by atoms with Crippen LogP contribution in [0.3, 0.4) is 0 Å². The molecule has 7 heteroatoms. The van der Waals surface area contributed by atoms with Crippen LogP contribution in [0.5, 0.6) is 5.88 Å². The molecular formula is C11H12N4O3. The lowest BCUT2D eigenvalue weighted by molar-refractivity contribution is -0.386. The standard InChI is InChI=1S/C11H12N4O3/c12-4-9-3-10(15(16)17)11(14-6-9)18-7-8-1-2-13-5-8/h3,6,8,13H,1-2,5,7H2. The number of nitro groups is 1. The van der Waals surface area contributed by atoms with E-state index in [2.05, 4.69) is 10.3 Å².